The highest BCUT2D eigenvalue weighted by Crippen LogP contribution is 2.09. The molecule has 0 heterocycles. The van der Waals surface area contributed by atoms with Gasteiger partial charge in [-0.05, 0) is 13.8 Å². The smallest absolute Gasteiger partial charge is 0.163 e. The van der Waals surface area contributed by atoms with E-state index in [1.165, 1.54) is 5.92 Å². The summed E-state index contributed by atoms with van der Waals surface area (Å²) in [7, 11) is 0. The van der Waals surface area contributed by atoms with Crippen LogP contribution in [0.2, 0.25) is 0 Å². The van der Waals surface area contributed by atoms with Crippen LogP contribution in [0.25, 0.3) is 0 Å². The fourth-order valence-corrected chi connectivity index (χ4v) is 0.684. The van der Waals surface area contributed by atoms with Crippen molar-refractivity contribution in [1.29, 1.82) is 0 Å². The van der Waals surface area contributed by atoms with Gasteiger partial charge in [-0.25, -0.2) is 0 Å². The second-order valence-corrected chi connectivity index (χ2v) is 2.32. The Bertz CT molecular complexity index is 65.7. The zero-order valence-corrected chi connectivity index (χ0v) is 7.31. The molecule has 0 rings (SSSR count). The summed E-state index contributed by atoms with van der Waals surface area (Å²) >= 11 is 0. The van der Waals surface area contributed by atoms with E-state index in [1.54, 1.807) is 0 Å². The maximum atomic E-state index is 5.28. The number of hydrogen-bond donors (Lipinski definition) is 0. The molecule has 0 unspecified atom stereocenters. The zero-order valence-electron chi connectivity index (χ0n) is 7.31. The molecule has 0 aromatic carbocycles. The van der Waals surface area contributed by atoms with Crippen molar-refractivity contribution in [1.82, 2.24) is 0 Å². The van der Waals surface area contributed by atoms with Crippen molar-refractivity contribution in [2.24, 2.45) is 0 Å². The number of rotatable bonds is 5. The van der Waals surface area contributed by atoms with E-state index < -0.39 is 0 Å². The molecule has 0 amide bonds. The van der Waals surface area contributed by atoms with Gasteiger partial charge in [0, 0.05) is 19.1 Å². The molecule has 0 aliphatic heterocycles. The van der Waals surface area contributed by atoms with Gasteiger partial charge in [-0.1, -0.05) is 13.8 Å². The molecule has 10 heavy (non-hydrogen) atoms. The van der Waals surface area contributed by atoms with Crippen molar-refractivity contribution in [3.05, 3.63) is 5.92 Å². The highest BCUT2D eigenvalue weighted by Gasteiger charge is 2.12. The van der Waals surface area contributed by atoms with Gasteiger partial charge >= 0.3 is 0 Å². The van der Waals surface area contributed by atoms with E-state index >= 15 is 0 Å². The van der Waals surface area contributed by atoms with E-state index in [1.807, 2.05) is 27.7 Å². The lowest BCUT2D eigenvalue weighted by atomic mass is 10.2. The molecule has 0 spiro atoms. The average molecular weight is 145 g/mol. The van der Waals surface area contributed by atoms with Gasteiger partial charge in [0.05, 0.1) is 0 Å². The van der Waals surface area contributed by atoms with Crippen LogP contribution >= 0.6 is 0 Å². The Hall–Kier alpha value is -0.0800. The van der Waals surface area contributed by atoms with Crippen molar-refractivity contribution < 1.29 is 9.47 Å². The Balaban J connectivity index is 3.50. The fourth-order valence-electron chi connectivity index (χ4n) is 0.684. The topological polar surface area (TPSA) is 18.5 Å². The van der Waals surface area contributed by atoms with Crippen LogP contribution in [0, 0.1) is 5.92 Å². The average Bonchev–Trinajstić information content (AvgIpc) is 1.87. The monoisotopic (exact) mass is 145 g/mol. The molecule has 0 N–H and O–H groups in total. The van der Waals surface area contributed by atoms with Crippen molar-refractivity contribution in [2.45, 2.75) is 34.0 Å². The summed E-state index contributed by atoms with van der Waals surface area (Å²) in [5.74, 6) is 1.17. The second-order valence-electron chi connectivity index (χ2n) is 2.32. The first-order valence-electron chi connectivity index (χ1n) is 3.75. The van der Waals surface area contributed by atoms with Gasteiger partial charge in [-0.3, -0.25) is 0 Å². The van der Waals surface area contributed by atoms with Crippen molar-refractivity contribution in [3.63, 3.8) is 0 Å². The van der Waals surface area contributed by atoms with E-state index in [-0.39, 0.29) is 6.29 Å². The lowest BCUT2D eigenvalue weighted by Gasteiger charge is -2.19. The lowest BCUT2D eigenvalue weighted by molar-refractivity contribution is -0.124. The van der Waals surface area contributed by atoms with Crippen LogP contribution in [-0.2, 0) is 9.47 Å². The van der Waals surface area contributed by atoms with Crippen LogP contribution in [0.4, 0.5) is 0 Å². The normalized spacial score (nSPS) is 11.4. The van der Waals surface area contributed by atoms with Crippen LogP contribution in [0.3, 0.4) is 0 Å². The Labute approximate surface area is 63.5 Å². The molecule has 0 aliphatic carbocycles. The predicted molar refractivity (Wildman–Crippen MR) is 41.6 cm³/mol. The first-order chi connectivity index (χ1) is 4.72. The van der Waals surface area contributed by atoms with Crippen molar-refractivity contribution in [2.75, 3.05) is 13.2 Å². The molecule has 61 valence electrons. The van der Waals surface area contributed by atoms with Crippen molar-refractivity contribution >= 4 is 0 Å². The highest BCUT2D eigenvalue weighted by molar-refractivity contribution is 4.81. The molecule has 0 bridgehead atoms. The van der Waals surface area contributed by atoms with Gasteiger partial charge in [0.1, 0.15) is 0 Å². The number of hydrogen-bond acceptors (Lipinski definition) is 2. The lowest BCUT2D eigenvalue weighted by Crippen LogP contribution is -2.21. The van der Waals surface area contributed by atoms with E-state index in [9.17, 15) is 0 Å². The van der Waals surface area contributed by atoms with Crippen molar-refractivity contribution in [3.8, 4) is 0 Å². The molecule has 0 aromatic rings. The van der Waals surface area contributed by atoms with Gasteiger partial charge in [-0.2, -0.15) is 0 Å². The molecule has 0 fully saturated rings. The van der Waals surface area contributed by atoms with Gasteiger partial charge in [0.2, 0.25) is 0 Å². The van der Waals surface area contributed by atoms with Crippen LogP contribution in [0.1, 0.15) is 27.7 Å². The maximum absolute atomic E-state index is 5.28. The molecule has 0 aromatic heterocycles. The summed E-state index contributed by atoms with van der Waals surface area (Å²) in [5, 5.41) is 0. The van der Waals surface area contributed by atoms with Gasteiger partial charge in [0.15, 0.2) is 6.29 Å². The summed E-state index contributed by atoms with van der Waals surface area (Å²) in [6, 6.07) is 0. The molecular formula is C8H17O2. The zero-order chi connectivity index (χ0) is 7.98. The van der Waals surface area contributed by atoms with Gasteiger partial charge in [0.25, 0.3) is 0 Å². The maximum Gasteiger partial charge on any atom is 0.163 e. The minimum absolute atomic E-state index is 0.102. The Morgan fingerprint density at radius 3 is 1.70 bits per heavy atom. The summed E-state index contributed by atoms with van der Waals surface area (Å²) in [4.78, 5) is 0. The highest BCUT2D eigenvalue weighted by atomic mass is 16.7. The summed E-state index contributed by atoms with van der Waals surface area (Å²) in [6.45, 7) is 9.36. The molecule has 0 aliphatic rings. The minimum atomic E-state index is -0.102. The number of ether oxygens (including phenoxy) is 2. The van der Waals surface area contributed by atoms with Crippen LogP contribution in [0.5, 0.6) is 0 Å². The Morgan fingerprint density at radius 2 is 1.50 bits per heavy atom. The second kappa shape index (κ2) is 5.69. The minimum Gasteiger partial charge on any atom is -0.352 e. The van der Waals surface area contributed by atoms with Gasteiger partial charge < -0.3 is 9.47 Å². The largest absolute Gasteiger partial charge is 0.352 e. The van der Waals surface area contributed by atoms with Crippen LogP contribution in [-0.4, -0.2) is 19.5 Å². The summed E-state index contributed by atoms with van der Waals surface area (Å²) < 4.78 is 10.6. The fraction of sp³-hybridized carbons (Fsp3) is 0.875. The molecular weight excluding hydrogens is 128 g/mol. The summed E-state index contributed by atoms with van der Waals surface area (Å²) in [5.41, 5.74) is 0. The predicted octanol–water partition coefficient (Wildman–Crippen LogP) is 2.00. The third kappa shape index (κ3) is 3.85. The molecule has 0 atom stereocenters. The quantitative estimate of drug-likeness (QED) is 0.551. The molecule has 1 radical (unpaired) electrons. The molecule has 0 saturated heterocycles. The Morgan fingerprint density at radius 1 is 1.10 bits per heavy atom. The third-order valence-electron chi connectivity index (χ3n) is 1.11. The van der Waals surface area contributed by atoms with E-state index in [4.69, 9.17) is 9.47 Å². The molecule has 0 saturated carbocycles. The summed E-state index contributed by atoms with van der Waals surface area (Å²) in [6.07, 6.45) is -0.102. The van der Waals surface area contributed by atoms with E-state index in [0.29, 0.717) is 13.2 Å². The standard InChI is InChI=1S/C8H17O2/c1-5-9-8(7(3)4)10-6-2/h8H,5-6H2,1-4H3. The first kappa shape index (κ1) is 9.92. The van der Waals surface area contributed by atoms with E-state index in [2.05, 4.69) is 0 Å². The molecule has 2 heteroatoms. The van der Waals surface area contributed by atoms with E-state index in [0.717, 1.165) is 0 Å². The van der Waals surface area contributed by atoms with Crippen LogP contribution in [0.15, 0.2) is 0 Å². The van der Waals surface area contributed by atoms with Crippen LogP contribution < -0.4 is 0 Å². The molecule has 2 nitrogen and oxygen atoms in total. The SMILES string of the molecule is CCOC(OCC)[C](C)C. The Kier molecular flexibility index (Phi) is 5.64. The third-order valence-corrected chi connectivity index (χ3v) is 1.11. The first-order valence-corrected chi connectivity index (χ1v) is 3.75. The van der Waals surface area contributed by atoms with Gasteiger partial charge in [-0.15, -0.1) is 0 Å².